The summed E-state index contributed by atoms with van der Waals surface area (Å²) in [5.74, 6) is 1.50. The van der Waals surface area contributed by atoms with Gasteiger partial charge in [0.15, 0.2) is 0 Å². The van der Waals surface area contributed by atoms with E-state index in [-0.39, 0.29) is 10.8 Å². The molecule has 0 bridgehead atoms. The van der Waals surface area contributed by atoms with Crippen molar-refractivity contribution >= 4 is 11.6 Å². The first-order chi connectivity index (χ1) is 15.6. The first-order valence-corrected chi connectivity index (χ1v) is 11.4. The molecule has 4 rings (SSSR count). The van der Waals surface area contributed by atoms with Crippen LogP contribution in [-0.4, -0.2) is 15.0 Å². The topological polar surface area (TPSA) is 50.7 Å². The van der Waals surface area contributed by atoms with E-state index in [9.17, 15) is 0 Å². The van der Waals surface area contributed by atoms with Crippen molar-refractivity contribution < 1.29 is 0 Å². The Kier molecular flexibility index (Phi) is 6.03. The molecule has 0 atom stereocenters. The molecule has 0 unspecified atom stereocenters. The van der Waals surface area contributed by atoms with Gasteiger partial charge in [0.2, 0.25) is 0 Å². The zero-order valence-corrected chi connectivity index (χ0v) is 20.3. The highest BCUT2D eigenvalue weighted by Gasteiger charge is 2.16. The van der Waals surface area contributed by atoms with E-state index in [2.05, 4.69) is 88.2 Å². The van der Waals surface area contributed by atoms with Gasteiger partial charge in [-0.25, -0.2) is 9.97 Å². The second-order valence-corrected chi connectivity index (χ2v) is 10.5. The van der Waals surface area contributed by atoms with Gasteiger partial charge in [-0.1, -0.05) is 71.9 Å². The quantitative estimate of drug-likeness (QED) is 0.359. The average Bonchev–Trinajstić information content (AvgIpc) is 2.78. The number of benzene rings is 1. The summed E-state index contributed by atoms with van der Waals surface area (Å²) in [4.78, 5) is 14.2. The van der Waals surface area contributed by atoms with Crippen LogP contribution in [0.15, 0.2) is 79.0 Å². The van der Waals surface area contributed by atoms with Crippen molar-refractivity contribution in [3.8, 4) is 22.6 Å². The molecule has 33 heavy (non-hydrogen) atoms. The highest BCUT2D eigenvalue weighted by molar-refractivity contribution is 5.65. The highest BCUT2D eigenvalue weighted by atomic mass is 15.1. The van der Waals surface area contributed by atoms with Gasteiger partial charge < -0.3 is 5.32 Å². The van der Waals surface area contributed by atoms with Crippen LogP contribution in [-0.2, 0) is 10.8 Å². The second kappa shape index (κ2) is 8.78. The minimum Gasteiger partial charge on any atom is -0.325 e. The van der Waals surface area contributed by atoms with Crippen molar-refractivity contribution in [1.29, 1.82) is 0 Å². The minimum atomic E-state index is 0.0577. The van der Waals surface area contributed by atoms with Crippen molar-refractivity contribution in [2.24, 2.45) is 0 Å². The van der Waals surface area contributed by atoms with Gasteiger partial charge in [0.05, 0.1) is 17.1 Å². The van der Waals surface area contributed by atoms with Crippen LogP contribution in [0.3, 0.4) is 0 Å². The predicted octanol–water partition coefficient (Wildman–Crippen LogP) is 7.54. The van der Waals surface area contributed by atoms with E-state index in [0.717, 1.165) is 34.3 Å². The normalized spacial score (nSPS) is 11.9. The zero-order valence-electron chi connectivity index (χ0n) is 20.3. The third-order valence-corrected chi connectivity index (χ3v) is 5.67. The van der Waals surface area contributed by atoms with Crippen LogP contribution in [0, 0.1) is 0 Å². The summed E-state index contributed by atoms with van der Waals surface area (Å²) in [5.41, 5.74) is 6.42. The van der Waals surface area contributed by atoms with Crippen molar-refractivity contribution in [1.82, 2.24) is 15.0 Å². The molecule has 0 aliphatic heterocycles. The number of nitrogens with zero attached hydrogens (tertiary/aromatic N) is 3. The van der Waals surface area contributed by atoms with E-state index in [1.165, 1.54) is 11.1 Å². The molecule has 3 heterocycles. The van der Waals surface area contributed by atoms with Crippen molar-refractivity contribution in [3.63, 3.8) is 0 Å². The Hall–Kier alpha value is -3.53. The number of pyridine rings is 3. The number of hydrogen-bond acceptors (Lipinski definition) is 4. The van der Waals surface area contributed by atoms with E-state index < -0.39 is 0 Å². The van der Waals surface area contributed by atoms with Gasteiger partial charge in [0, 0.05) is 11.8 Å². The summed E-state index contributed by atoms with van der Waals surface area (Å²) in [5, 5.41) is 3.36. The smallest absolute Gasteiger partial charge is 0.132 e. The van der Waals surface area contributed by atoms with Gasteiger partial charge in [0.1, 0.15) is 11.6 Å². The summed E-state index contributed by atoms with van der Waals surface area (Å²) >= 11 is 0. The number of aromatic nitrogens is 3. The van der Waals surface area contributed by atoms with E-state index >= 15 is 0 Å². The molecule has 0 saturated carbocycles. The molecule has 1 N–H and O–H groups in total. The molecule has 0 spiro atoms. The SMILES string of the molecule is CC(C)(C)c1cccc(-c2cccc(Nc3cccc(-c4cc(C(C)(C)C)ccn4)n3)n2)c1. The van der Waals surface area contributed by atoms with Crippen LogP contribution >= 0.6 is 0 Å². The van der Waals surface area contributed by atoms with Crippen molar-refractivity contribution in [3.05, 3.63) is 90.1 Å². The van der Waals surface area contributed by atoms with Crippen LogP contribution in [0.5, 0.6) is 0 Å². The second-order valence-electron chi connectivity index (χ2n) is 10.5. The lowest BCUT2D eigenvalue weighted by Crippen LogP contribution is -2.11. The fourth-order valence-corrected chi connectivity index (χ4v) is 3.63. The van der Waals surface area contributed by atoms with Gasteiger partial charge in [-0.2, -0.15) is 0 Å². The number of nitrogens with one attached hydrogen (secondary N) is 1. The summed E-state index contributed by atoms with van der Waals surface area (Å²) in [6, 6.07) is 24.7. The number of hydrogen-bond donors (Lipinski definition) is 1. The molecule has 1 aromatic carbocycles. The molecule has 3 aromatic heterocycles. The molecule has 4 aromatic rings. The standard InChI is InChI=1S/C29H32N4/c1-28(2,3)21-11-7-10-20(18-21)23-12-8-14-26(31-23)33-27-15-9-13-24(32-27)25-19-22(16-17-30-25)29(4,5)6/h7-19H,1-6H3,(H,31,32,33). The van der Waals surface area contributed by atoms with Gasteiger partial charge >= 0.3 is 0 Å². The summed E-state index contributed by atoms with van der Waals surface area (Å²) in [7, 11) is 0. The third kappa shape index (κ3) is 5.46. The van der Waals surface area contributed by atoms with Crippen molar-refractivity contribution in [2.45, 2.75) is 52.4 Å². The minimum absolute atomic E-state index is 0.0577. The predicted molar refractivity (Wildman–Crippen MR) is 138 cm³/mol. The van der Waals surface area contributed by atoms with Gasteiger partial charge in [-0.3, -0.25) is 4.98 Å². The van der Waals surface area contributed by atoms with Crippen LogP contribution in [0.2, 0.25) is 0 Å². The van der Waals surface area contributed by atoms with Crippen molar-refractivity contribution in [2.75, 3.05) is 5.32 Å². The molecule has 4 nitrogen and oxygen atoms in total. The Morgan fingerprint density at radius 2 is 1.15 bits per heavy atom. The molecule has 0 fully saturated rings. The first-order valence-electron chi connectivity index (χ1n) is 11.4. The third-order valence-electron chi connectivity index (χ3n) is 5.67. The zero-order chi connectivity index (χ0) is 23.6. The van der Waals surface area contributed by atoms with Gasteiger partial charge in [-0.15, -0.1) is 0 Å². The fourth-order valence-electron chi connectivity index (χ4n) is 3.63. The molecular weight excluding hydrogens is 404 g/mol. The Labute approximate surface area is 197 Å². The van der Waals surface area contributed by atoms with Crippen LogP contribution in [0.1, 0.15) is 52.7 Å². The first kappa shape index (κ1) is 22.7. The largest absolute Gasteiger partial charge is 0.325 e. The molecule has 0 aliphatic rings. The molecule has 4 heteroatoms. The maximum Gasteiger partial charge on any atom is 0.132 e. The molecule has 0 aliphatic carbocycles. The van der Waals surface area contributed by atoms with Crippen LogP contribution in [0.25, 0.3) is 22.6 Å². The fraction of sp³-hybridized carbons (Fsp3) is 0.276. The number of rotatable bonds is 4. The van der Waals surface area contributed by atoms with Crippen LogP contribution < -0.4 is 5.32 Å². The lowest BCUT2D eigenvalue weighted by atomic mass is 9.86. The highest BCUT2D eigenvalue weighted by Crippen LogP contribution is 2.28. The monoisotopic (exact) mass is 436 g/mol. The lowest BCUT2D eigenvalue weighted by molar-refractivity contribution is 0.589. The Morgan fingerprint density at radius 1 is 0.576 bits per heavy atom. The Balaban J connectivity index is 1.60. The van der Waals surface area contributed by atoms with E-state index in [1.54, 1.807) is 0 Å². The van der Waals surface area contributed by atoms with E-state index in [1.807, 2.05) is 42.6 Å². The van der Waals surface area contributed by atoms with E-state index in [4.69, 9.17) is 9.97 Å². The summed E-state index contributed by atoms with van der Waals surface area (Å²) in [6.07, 6.45) is 1.86. The van der Waals surface area contributed by atoms with E-state index in [0.29, 0.717) is 0 Å². The van der Waals surface area contributed by atoms with Crippen LogP contribution in [0.4, 0.5) is 11.6 Å². The molecular formula is C29H32N4. The van der Waals surface area contributed by atoms with Gasteiger partial charge in [0.25, 0.3) is 0 Å². The summed E-state index contributed by atoms with van der Waals surface area (Å²) < 4.78 is 0. The maximum absolute atomic E-state index is 4.84. The summed E-state index contributed by atoms with van der Waals surface area (Å²) in [6.45, 7) is 13.3. The molecule has 0 amide bonds. The molecule has 0 saturated heterocycles. The molecule has 0 radical (unpaired) electrons. The van der Waals surface area contributed by atoms with Gasteiger partial charge in [-0.05, 0) is 64.4 Å². The lowest BCUT2D eigenvalue weighted by Gasteiger charge is -2.19. The number of anilines is 2. The maximum atomic E-state index is 4.84. The molecule has 168 valence electrons. The Bertz CT molecular complexity index is 1160. The Morgan fingerprint density at radius 3 is 1.82 bits per heavy atom. The average molecular weight is 437 g/mol.